The van der Waals surface area contributed by atoms with E-state index in [9.17, 15) is 19.8 Å². The summed E-state index contributed by atoms with van der Waals surface area (Å²) < 4.78 is 0. The highest BCUT2D eigenvalue weighted by atomic mass is 16.4. The fourth-order valence-electron chi connectivity index (χ4n) is 2.53. The molecular weight excluding hydrogens is 280 g/mol. The molecule has 0 saturated carbocycles. The first kappa shape index (κ1) is 13.8. The van der Waals surface area contributed by atoms with E-state index >= 15 is 0 Å². The number of benzene rings is 3. The molecular formula is C18H10O4-2. The second-order valence-corrected chi connectivity index (χ2v) is 4.86. The summed E-state index contributed by atoms with van der Waals surface area (Å²) in [5, 5.41) is 24.2. The zero-order chi connectivity index (χ0) is 15.7. The summed E-state index contributed by atoms with van der Waals surface area (Å²) in [5.74, 6) is -2.71. The topological polar surface area (TPSA) is 80.3 Å². The second kappa shape index (κ2) is 5.33. The molecule has 0 atom stereocenters. The fraction of sp³-hybridized carbons (Fsp3) is 0. The summed E-state index contributed by atoms with van der Waals surface area (Å²) in [4.78, 5) is 22.4. The van der Waals surface area contributed by atoms with Gasteiger partial charge < -0.3 is 19.8 Å². The van der Waals surface area contributed by atoms with E-state index in [0.717, 1.165) is 10.8 Å². The van der Waals surface area contributed by atoms with Gasteiger partial charge in [-0.1, -0.05) is 54.6 Å². The smallest absolute Gasteiger partial charge is 0.0721 e. The maximum atomic E-state index is 11.3. The van der Waals surface area contributed by atoms with Crippen molar-refractivity contribution in [2.75, 3.05) is 0 Å². The zero-order valence-corrected chi connectivity index (χ0v) is 11.4. The van der Waals surface area contributed by atoms with Gasteiger partial charge >= 0.3 is 0 Å². The van der Waals surface area contributed by atoms with Crippen molar-refractivity contribution in [3.63, 3.8) is 0 Å². The highest BCUT2D eigenvalue weighted by Crippen LogP contribution is 2.31. The van der Waals surface area contributed by atoms with Crippen LogP contribution in [0.1, 0.15) is 20.7 Å². The minimum absolute atomic E-state index is 0.0543. The van der Waals surface area contributed by atoms with Crippen LogP contribution in [0.5, 0.6) is 0 Å². The quantitative estimate of drug-likeness (QED) is 0.726. The van der Waals surface area contributed by atoms with Crippen LogP contribution in [-0.4, -0.2) is 11.9 Å². The van der Waals surface area contributed by atoms with E-state index in [0.29, 0.717) is 11.1 Å². The molecule has 0 amide bonds. The first-order valence-corrected chi connectivity index (χ1v) is 6.63. The molecule has 0 unspecified atom stereocenters. The van der Waals surface area contributed by atoms with Gasteiger partial charge in [0.15, 0.2) is 0 Å². The number of rotatable bonds is 3. The molecule has 0 saturated heterocycles. The van der Waals surface area contributed by atoms with E-state index in [4.69, 9.17) is 0 Å². The molecule has 3 aromatic rings. The number of carbonyl (C=O) groups is 2. The summed E-state index contributed by atoms with van der Waals surface area (Å²) in [6.45, 7) is 0. The van der Waals surface area contributed by atoms with E-state index in [2.05, 4.69) is 0 Å². The van der Waals surface area contributed by atoms with Crippen LogP contribution in [0.15, 0.2) is 60.7 Å². The van der Waals surface area contributed by atoms with Gasteiger partial charge in [0.1, 0.15) is 0 Å². The Hall–Kier alpha value is -3.14. The SMILES string of the molecule is O=C([O-])c1ccc(C(=O)[O-])c(-c2cccc3ccccc23)c1. The van der Waals surface area contributed by atoms with Crippen LogP contribution in [0.25, 0.3) is 21.9 Å². The molecule has 22 heavy (non-hydrogen) atoms. The van der Waals surface area contributed by atoms with Crippen molar-refractivity contribution in [1.29, 1.82) is 0 Å². The number of carboxylic acids is 2. The monoisotopic (exact) mass is 290 g/mol. The van der Waals surface area contributed by atoms with Gasteiger partial charge in [-0.25, -0.2) is 0 Å². The molecule has 0 spiro atoms. The van der Waals surface area contributed by atoms with Crippen LogP contribution < -0.4 is 10.2 Å². The van der Waals surface area contributed by atoms with E-state index < -0.39 is 11.9 Å². The van der Waals surface area contributed by atoms with E-state index in [1.54, 1.807) is 12.1 Å². The van der Waals surface area contributed by atoms with Gasteiger partial charge in [0, 0.05) is 5.56 Å². The number of carbonyl (C=O) groups excluding carboxylic acids is 2. The predicted octanol–water partition coefficient (Wildman–Crippen LogP) is 1.23. The number of aromatic carboxylic acids is 2. The Morgan fingerprint density at radius 2 is 1.45 bits per heavy atom. The van der Waals surface area contributed by atoms with Crippen molar-refractivity contribution in [2.45, 2.75) is 0 Å². The minimum atomic E-state index is -1.36. The van der Waals surface area contributed by atoms with Crippen LogP contribution in [0, 0.1) is 0 Å². The Kier molecular flexibility index (Phi) is 3.35. The number of carboxylic acid groups (broad SMARTS) is 2. The highest BCUT2D eigenvalue weighted by Gasteiger charge is 2.11. The highest BCUT2D eigenvalue weighted by molar-refractivity contribution is 6.04. The molecule has 3 rings (SSSR count). The lowest BCUT2D eigenvalue weighted by atomic mass is 9.93. The lowest BCUT2D eigenvalue weighted by Crippen LogP contribution is -2.25. The molecule has 0 radical (unpaired) electrons. The van der Waals surface area contributed by atoms with Crippen molar-refractivity contribution in [3.8, 4) is 11.1 Å². The first-order chi connectivity index (χ1) is 10.6. The van der Waals surface area contributed by atoms with Crippen LogP contribution in [0.4, 0.5) is 0 Å². The zero-order valence-electron chi connectivity index (χ0n) is 11.4. The van der Waals surface area contributed by atoms with E-state index in [1.807, 2.05) is 30.3 Å². The van der Waals surface area contributed by atoms with Gasteiger partial charge in [-0.2, -0.15) is 0 Å². The standard InChI is InChI=1S/C18H12O4/c19-17(20)12-8-9-15(18(21)22)16(10-12)14-7-3-5-11-4-1-2-6-13(11)14/h1-10H,(H,19,20)(H,21,22)/p-2. The Labute approximate surface area is 126 Å². The summed E-state index contributed by atoms with van der Waals surface area (Å²) in [5.41, 5.74) is 0.813. The van der Waals surface area contributed by atoms with E-state index in [1.165, 1.54) is 18.2 Å². The molecule has 0 heterocycles. The van der Waals surface area contributed by atoms with Crippen molar-refractivity contribution in [1.82, 2.24) is 0 Å². The maximum absolute atomic E-state index is 11.3. The molecule has 0 bridgehead atoms. The van der Waals surface area contributed by atoms with Crippen LogP contribution in [-0.2, 0) is 0 Å². The Morgan fingerprint density at radius 3 is 2.18 bits per heavy atom. The van der Waals surface area contributed by atoms with Gasteiger partial charge in [-0.15, -0.1) is 0 Å². The largest absolute Gasteiger partial charge is 0.545 e. The van der Waals surface area contributed by atoms with Gasteiger partial charge in [0.2, 0.25) is 0 Å². The lowest BCUT2D eigenvalue weighted by molar-refractivity contribution is -0.256. The molecule has 0 N–H and O–H groups in total. The minimum Gasteiger partial charge on any atom is -0.545 e. The Bertz CT molecular complexity index is 891. The Morgan fingerprint density at radius 1 is 0.727 bits per heavy atom. The molecule has 4 nitrogen and oxygen atoms in total. The number of hydrogen-bond acceptors (Lipinski definition) is 4. The van der Waals surface area contributed by atoms with Gasteiger partial charge in [0.05, 0.1) is 11.9 Å². The third kappa shape index (κ3) is 2.31. The number of hydrogen-bond donors (Lipinski definition) is 0. The molecule has 0 aromatic heterocycles. The summed E-state index contributed by atoms with van der Waals surface area (Å²) in [7, 11) is 0. The van der Waals surface area contributed by atoms with Crippen LogP contribution >= 0.6 is 0 Å². The summed E-state index contributed by atoms with van der Waals surface area (Å²) in [6, 6.07) is 16.7. The molecule has 0 fully saturated rings. The first-order valence-electron chi connectivity index (χ1n) is 6.63. The van der Waals surface area contributed by atoms with Gasteiger partial charge in [0.25, 0.3) is 0 Å². The van der Waals surface area contributed by atoms with Crippen molar-refractivity contribution >= 4 is 22.7 Å². The average molecular weight is 290 g/mol. The van der Waals surface area contributed by atoms with Crippen LogP contribution in [0.2, 0.25) is 0 Å². The molecule has 3 aromatic carbocycles. The fourth-order valence-corrected chi connectivity index (χ4v) is 2.53. The summed E-state index contributed by atoms with van der Waals surface area (Å²) >= 11 is 0. The average Bonchev–Trinajstić information content (AvgIpc) is 2.53. The molecule has 108 valence electrons. The molecule has 0 aliphatic rings. The van der Waals surface area contributed by atoms with Crippen molar-refractivity contribution in [3.05, 3.63) is 71.8 Å². The lowest BCUT2D eigenvalue weighted by Gasteiger charge is -2.15. The third-order valence-corrected chi connectivity index (χ3v) is 3.55. The summed E-state index contributed by atoms with van der Waals surface area (Å²) in [6.07, 6.45) is 0. The maximum Gasteiger partial charge on any atom is 0.0721 e. The molecule has 0 aliphatic carbocycles. The molecule has 4 heteroatoms. The van der Waals surface area contributed by atoms with Crippen molar-refractivity contribution in [2.24, 2.45) is 0 Å². The van der Waals surface area contributed by atoms with Crippen LogP contribution in [0.3, 0.4) is 0 Å². The second-order valence-electron chi connectivity index (χ2n) is 4.86. The van der Waals surface area contributed by atoms with E-state index in [-0.39, 0.29) is 11.1 Å². The van der Waals surface area contributed by atoms with Crippen molar-refractivity contribution < 1.29 is 19.8 Å². The third-order valence-electron chi connectivity index (χ3n) is 3.55. The normalized spacial score (nSPS) is 10.5. The van der Waals surface area contributed by atoms with Gasteiger partial charge in [-0.3, -0.25) is 0 Å². The Balaban J connectivity index is 2.35. The predicted molar refractivity (Wildman–Crippen MR) is 78.0 cm³/mol. The number of fused-ring (bicyclic) bond motifs is 1. The molecule has 0 aliphatic heterocycles. The van der Waals surface area contributed by atoms with Gasteiger partial charge in [-0.05, 0) is 33.5 Å².